The van der Waals surface area contributed by atoms with Crippen molar-refractivity contribution < 1.29 is 4.79 Å². The molecule has 0 atom stereocenters. The Hall–Kier alpha value is -1.88. The SMILES string of the molecule is O=C(NCCc1ncc(Cc2ccccc2)s1)NC1CCCCC1. The highest BCUT2D eigenvalue weighted by molar-refractivity contribution is 7.11. The third-order valence-corrected chi connectivity index (χ3v) is 5.44. The van der Waals surface area contributed by atoms with Crippen LogP contribution in [0.2, 0.25) is 0 Å². The minimum absolute atomic E-state index is 0.0389. The first-order chi connectivity index (χ1) is 11.8. The smallest absolute Gasteiger partial charge is 0.315 e. The number of benzene rings is 1. The van der Waals surface area contributed by atoms with Crippen molar-refractivity contribution in [1.82, 2.24) is 15.6 Å². The Balaban J connectivity index is 1.38. The third-order valence-electron chi connectivity index (χ3n) is 4.39. The molecule has 0 aliphatic heterocycles. The number of rotatable bonds is 6. The summed E-state index contributed by atoms with van der Waals surface area (Å²) in [5.41, 5.74) is 1.30. The van der Waals surface area contributed by atoms with Crippen molar-refractivity contribution in [2.75, 3.05) is 6.54 Å². The van der Waals surface area contributed by atoms with Crippen molar-refractivity contribution in [2.24, 2.45) is 0 Å². The molecule has 1 aromatic heterocycles. The van der Waals surface area contributed by atoms with Gasteiger partial charge in [0.25, 0.3) is 0 Å². The van der Waals surface area contributed by atoms with Gasteiger partial charge >= 0.3 is 6.03 Å². The van der Waals surface area contributed by atoms with Crippen LogP contribution in [0, 0.1) is 0 Å². The number of aromatic nitrogens is 1. The van der Waals surface area contributed by atoms with Gasteiger partial charge in [-0.2, -0.15) is 0 Å². The van der Waals surface area contributed by atoms with Crippen LogP contribution < -0.4 is 10.6 Å². The summed E-state index contributed by atoms with van der Waals surface area (Å²) in [7, 11) is 0. The average Bonchev–Trinajstić information content (AvgIpc) is 3.04. The molecule has 2 N–H and O–H groups in total. The molecule has 0 saturated heterocycles. The number of hydrogen-bond donors (Lipinski definition) is 2. The second-order valence-electron chi connectivity index (χ2n) is 6.37. The Bertz CT molecular complexity index is 635. The molecule has 1 aliphatic carbocycles. The summed E-state index contributed by atoms with van der Waals surface area (Å²) in [6.45, 7) is 0.636. The predicted octanol–water partition coefficient (Wildman–Crippen LogP) is 3.91. The summed E-state index contributed by atoms with van der Waals surface area (Å²) < 4.78 is 0. The second-order valence-corrected chi connectivity index (χ2v) is 7.57. The van der Waals surface area contributed by atoms with Crippen molar-refractivity contribution in [1.29, 1.82) is 0 Å². The van der Waals surface area contributed by atoms with Gasteiger partial charge in [-0.05, 0) is 18.4 Å². The Morgan fingerprint density at radius 2 is 1.96 bits per heavy atom. The van der Waals surface area contributed by atoms with Gasteiger partial charge in [0.05, 0.1) is 5.01 Å². The normalized spacial score (nSPS) is 15.2. The van der Waals surface area contributed by atoms with Crippen LogP contribution in [-0.4, -0.2) is 23.6 Å². The molecule has 1 saturated carbocycles. The van der Waals surface area contributed by atoms with Crippen molar-refractivity contribution >= 4 is 17.4 Å². The van der Waals surface area contributed by atoms with Crippen LogP contribution in [0.1, 0.15) is 47.6 Å². The summed E-state index contributed by atoms with van der Waals surface area (Å²) >= 11 is 1.73. The van der Waals surface area contributed by atoms with Gasteiger partial charge in [0.1, 0.15) is 0 Å². The summed E-state index contributed by atoms with van der Waals surface area (Å²) in [5, 5.41) is 7.11. The minimum Gasteiger partial charge on any atom is -0.338 e. The lowest BCUT2D eigenvalue weighted by Crippen LogP contribution is -2.43. The van der Waals surface area contributed by atoms with Crippen LogP contribution in [0.25, 0.3) is 0 Å². The van der Waals surface area contributed by atoms with Crippen molar-refractivity contribution in [3.05, 3.63) is 52.0 Å². The first-order valence-corrected chi connectivity index (χ1v) is 9.63. The lowest BCUT2D eigenvalue weighted by Gasteiger charge is -2.22. The predicted molar refractivity (Wildman–Crippen MR) is 98.5 cm³/mol. The van der Waals surface area contributed by atoms with Crippen LogP contribution in [0.4, 0.5) is 4.79 Å². The Labute approximate surface area is 147 Å². The number of carbonyl (C=O) groups excluding carboxylic acids is 1. The molecule has 1 fully saturated rings. The molecule has 2 aromatic rings. The highest BCUT2D eigenvalue weighted by Gasteiger charge is 2.15. The summed E-state index contributed by atoms with van der Waals surface area (Å²) in [6.07, 6.45) is 9.66. The fourth-order valence-corrected chi connectivity index (χ4v) is 4.07. The molecule has 5 heteroatoms. The average molecular weight is 343 g/mol. The first kappa shape index (κ1) is 17.0. The summed E-state index contributed by atoms with van der Waals surface area (Å²) in [6, 6.07) is 10.7. The second kappa shape index (κ2) is 8.83. The zero-order chi connectivity index (χ0) is 16.6. The van der Waals surface area contributed by atoms with E-state index in [-0.39, 0.29) is 6.03 Å². The fourth-order valence-electron chi connectivity index (χ4n) is 3.11. The van der Waals surface area contributed by atoms with Crippen molar-refractivity contribution in [3.8, 4) is 0 Å². The molecule has 2 amide bonds. The molecule has 1 aliphatic rings. The number of amides is 2. The van der Waals surface area contributed by atoms with E-state index in [4.69, 9.17) is 0 Å². The molecule has 0 bridgehead atoms. The van der Waals surface area contributed by atoms with Crippen LogP contribution in [0.3, 0.4) is 0 Å². The maximum Gasteiger partial charge on any atom is 0.315 e. The van der Waals surface area contributed by atoms with E-state index in [0.717, 1.165) is 30.7 Å². The monoisotopic (exact) mass is 343 g/mol. The Morgan fingerprint density at radius 3 is 2.75 bits per heavy atom. The van der Waals surface area contributed by atoms with Crippen molar-refractivity contribution in [2.45, 2.75) is 51.0 Å². The quantitative estimate of drug-likeness (QED) is 0.835. The number of carbonyl (C=O) groups is 1. The molecule has 128 valence electrons. The molecule has 1 aromatic carbocycles. The number of nitrogens with one attached hydrogen (secondary N) is 2. The Kier molecular flexibility index (Phi) is 6.24. The highest BCUT2D eigenvalue weighted by Crippen LogP contribution is 2.18. The maximum absolute atomic E-state index is 11.9. The van der Waals surface area contributed by atoms with E-state index in [1.165, 1.54) is 29.7 Å². The van der Waals surface area contributed by atoms with Gasteiger partial charge in [-0.1, -0.05) is 49.6 Å². The van der Waals surface area contributed by atoms with Gasteiger partial charge in [0, 0.05) is 36.5 Å². The molecule has 4 nitrogen and oxygen atoms in total. The van der Waals surface area contributed by atoms with Gasteiger partial charge in [0.2, 0.25) is 0 Å². The lowest BCUT2D eigenvalue weighted by atomic mass is 9.96. The largest absolute Gasteiger partial charge is 0.338 e. The van der Waals surface area contributed by atoms with Gasteiger partial charge in [0.15, 0.2) is 0 Å². The number of urea groups is 1. The van der Waals surface area contributed by atoms with Gasteiger partial charge in [-0.3, -0.25) is 0 Å². The van der Waals surface area contributed by atoms with Gasteiger partial charge in [-0.15, -0.1) is 11.3 Å². The number of nitrogens with zero attached hydrogens (tertiary/aromatic N) is 1. The van der Waals surface area contributed by atoms with Crippen LogP contribution in [0.15, 0.2) is 36.5 Å². The molecule has 3 rings (SSSR count). The van der Waals surface area contributed by atoms with E-state index in [9.17, 15) is 4.79 Å². The number of thiazole rings is 1. The topological polar surface area (TPSA) is 54.0 Å². The fraction of sp³-hybridized carbons (Fsp3) is 0.474. The highest BCUT2D eigenvalue weighted by atomic mass is 32.1. The molecular weight excluding hydrogens is 318 g/mol. The van der Waals surface area contributed by atoms with E-state index < -0.39 is 0 Å². The van der Waals surface area contributed by atoms with Gasteiger partial charge in [-0.25, -0.2) is 9.78 Å². The first-order valence-electron chi connectivity index (χ1n) is 8.81. The van der Waals surface area contributed by atoms with Gasteiger partial charge < -0.3 is 10.6 Å². The van der Waals surface area contributed by atoms with Crippen LogP contribution in [0.5, 0.6) is 0 Å². The van der Waals surface area contributed by atoms with E-state index in [2.05, 4.69) is 39.9 Å². The molecule has 1 heterocycles. The van der Waals surface area contributed by atoms with E-state index in [0.29, 0.717) is 12.6 Å². The maximum atomic E-state index is 11.9. The van der Waals surface area contributed by atoms with E-state index in [1.54, 1.807) is 11.3 Å². The summed E-state index contributed by atoms with van der Waals surface area (Å²) in [4.78, 5) is 17.6. The minimum atomic E-state index is -0.0389. The third kappa shape index (κ3) is 5.34. The van der Waals surface area contributed by atoms with Crippen LogP contribution >= 0.6 is 11.3 Å². The lowest BCUT2D eigenvalue weighted by molar-refractivity contribution is 0.233. The molecule has 0 spiro atoms. The molecular formula is C19H25N3OS. The van der Waals surface area contributed by atoms with Crippen LogP contribution in [-0.2, 0) is 12.8 Å². The number of hydrogen-bond acceptors (Lipinski definition) is 3. The van der Waals surface area contributed by atoms with E-state index in [1.807, 2.05) is 12.3 Å². The van der Waals surface area contributed by atoms with Crippen molar-refractivity contribution in [3.63, 3.8) is 0 Å². The standard InChI is InChI=1S/C19H25N3OS/c23-19(22-16-9-5-2-6-10-16)20-12-11-18-21-14-17(24-18)13-15-7-3-1-4-8-15/h1,3-4,7-8,14,16H,2,5-6,9-13H2,(H2,20,22,23). The molecule has 0 radical (unpaired) electrons. The van der Waals surface area contributed by atoms with E-state index >= 15 is 0 Å². The molecule has 0 unspecified atom stereocenters. The summed E-state index contributed by atoms with van der Waals surface area (Å²) in [5.74, 6) is 0. The zero-order valence-electron chi connectivity index (χ0n) is 14.0. The Morgan fingerprint density at radius 1 is 1.17 bits per heavy atom. The zero-order valence-corrected chi connectivity index (χ0v) is 14.8. The molecule has 24 heavy (non-hydrogen) atoms.